The number of aromatic nitrogens is 2. The van der Waals surface area contributed by atoms with Crippen LogP contribution in [0.3, 0.4) is 0 Å². The molecule has 0 aliphatic carbocycles. The molecule has 0 aliphatic rings. The van der Waals surface area contributed by atoms with Crippen LogP contribution in [0.25, 0.3) is 16.2 Å². The fraction of sp³-hybridized carbons (Fsp3) is 0.280. The van der Waals surface area contributed by atoms with E-state index in [0.717, 1.165) is 52.0 Å². The van der Waals surface area contributed by atoms with Crippen LogP contribution in [-0.2, 0) is 11.2 Å². The van der Waals surface area contributed by atoms with Gasteiger partial charge in [0.05, 0.1) is 19.2 Å². The molecule has 7 heteroatoms. The number of methoxy groups -OCH3 is 1. The van der Waals surface area contributed by atoms with Gasteiger partial charge in [-0.2, -0.15) is 0 Å². The van der Waals surface area contributed by atoms with Crippen molar-refractivity contribution in [1.29, 1.82) is 0 Å². The van der Waals surface area contributed by atoms with Crippen molar-refractivity contribution >= 4 is 33.6 Å². The zero-order valence-electron chi connectivity index (χ0n) is 18.9. The lowest BCUT2D eigenvalue weighted by Crippen LogP contribution is -2.22. The lowest BCUT2D eigenvalue weighted by molar-refractivity contribution is -0.115. The summed E-state index contributed by atoms with van der Waals surface area (Å²) in [4.78, 5) is 20.7. The predicted octanol–water partition coefficient (Wildman–Crippen LogP) is 5.41. The van der Waals surface area contributed by atoms with E-state index in [1.807, 2.05) is 53.2 Å². The van der Waals surface area contributed by atoms with Gasteiger partial charge in [-0.25, -0.2) is 4.98 Å². The van der Waals surface area contributed by atoms with Crippen LogP contribution in [0.1, 0.15) is 25.1 Å². The number of benzene rings is 2. The van der Waals surface area contributed by atoms with Crippen molar-refractivity contribution in [2.45, 2.75) is 27.2 Å². The first-order valence-corrected chi connectivity index (χ1v) is 11.7. The van der Waals surface area contributed by atoms with Gasteiger partial charge in [-0.3, -0.25) is 9.20 Å². The molecule has 2 heterocycles. The summed E-state index contributed by atoms with van der Waals surface area (Å²) in [6.07, 6.45) is 2.27. The average molecular weight is 449 g/mol. The molecule has 0 fully saturated rings. The first-order valence-electron chi connectivity index (χ1n) is 10.8. The van der Waals surface area contributed by atoms with Gasteiger partial charge in [0.25, 0.3) is 0 Å². The molecule has 0 aliphatic heterocycles. The van der Waals surface area contributed by atoms with Crippen LogP contribution in [0.4, 0.5) is 11.4 Å². The molecule has 0 unspecified atom stereocenters. The quantitative estimate of drug-likeness (QED) is 0.392. The molecule has 1 N–H and O–H groups in total. The molecular formula is C25H28N4O2S. The van der Waals surface area contributed by atoms with Crippen LogP contribution in [0.5, 0.6) is 5.75 Å². The maximum absolute atomic E-state index is 12.8. The smallest absolute Gasteiger partial charge is 0.230 e. The number of hydrogen-bond acceptors (Lipinski definition) is 5. The van der Waals surface area contributed by atoms with Crippen molar-refractivity contribution < 1.29 is 9.53 Å². The molecule has 4 aromatic rings. The Labute approximate surface area is 192 Å². The largest absolute Gasteiger partial charge is 0.497 e. The number of nitrogens with zero attached hydrogens (tertiary/aromatic N) is 3. The predicted molar refractivity (Wildman–Crippen MR) is 132 cm³/mol. The number of thiazole rings is 1. The maximum Gasteiger partial charge on any atom is 0.230 e. The summed E-state index contributed by atoms with van der Waals surface area (Å²) in [5.74, 6) is 0.774. The van der Waals surface area contributed by atoms with Gasteiger partial charge in [0.2, 0.25) is 5.91 Å². The third kappa shape index (κ3) is 4.48. The molecule has 6 nitrogen and oxygen atoms in total. The number of imidazole rings is 1. The minimum atomic E-state index is -0.0388. The highest BCUT2D eigenvalue weighted by atomic mass is 32.1. The van der Waals surface area contributed by atoms with Gasteiger partial charge in [0.1, 0.15) is 5.75 Å². The first kappa shape index (κ1) is 21.9. The number of anilines is 2. The average Bonchev–Trinajstić information content (AvgIpc) is 3.38. The monoisotopic (exact) mass is 448 g/mol. The van der Waals surface area contributed by atoms with E-state index in [1.54, 1.807) is 18.4 Å². The molecule has 1 amide bonds. The third-order valence-electron chi connectivity index (χ3n) is 5.62. The summed E-state index contributed by atoms with van der Waals surface area (Å²) in [6.45, 7) is 8.24. The second-order valence-electron chi connectivity index (χ2n) is 7.63. The number of amides is 1. The van der Waals surface area contributed by atoms with Crippen LogP contribution in [0.2, 0.25) is 0 Å². The fourth-order valence-corrected chi connectivity index (χ4v) is 4.66. The van der Waals surface area contributed by atoms with Gasteiger partial charge in [-0.1, -0.05) is 0 Å². The number of nitrogens with one attached hydrogen (secondary N) is 1. The molecule has 0 spiro atoms. The van der Waals surface area contributed by atoms with E-state index >= 15 is 0 Å². The van der Waals surface area contributed by atoms with Crippen molar-refractivity contribution in [2.75, 3.05) is 30.4 Å². The van der Waals surface area contributed by atoms with Crippen molar-refractivity contribution in [1.82, 2.24) is 9.38 Å². The Morgan fingerprint density at radius 1 is 1.16 bits per heavy atom. The fourth-order valence-electron chi connectivity index (χ4n) is 3.79. The molecule has 0 saturated carbocycles. The number of ether oxygens (including phenoxy) is 1. The highest BCUT2D eigenvalue weighted by molar-refractivity contribution is 7.15. The molecule has 2 aromatic heterocycles. The molecule has 0 bridgehead atoms. The van der Waals surface area contributed by atoms with Crippen molar-refractivity contribution in [3.63, 3.8) is 0 Å². The van der Waals surface area contributed by atoms with Crippen molar-refractivity contribution in [3.05, 3.63) is 65.3 Å². The lowest BCUT2D eigenvalue weighted by Gasteiger charge is -2.22. The minimum Gasteiger partial charge on any atom is -0.497 e. The second-order valence-corrected chi connectivity index (χ2v) is 8.47. The summed E-state index contributed by atoms with van der Waals surface area (Å²) in [5.41, 5.74) is 5.90. The Balaban J connectivity index is 1.48. The highest BCUT2D eigenvalue weighted by Crippen LogP contribution is 2.26. The van der Waals surface area contributed by atoms with E-state index in [0.29, 0.717) is 0 Å². The first-order chi connectivity index (χ1) is 15.5. The second kappa shape index (κ2) is 9.44. The SMILES string of the molecule is CCN(CC)c1ccc(NC(=O)Cc2csc3nc(-c4ccc(OC)cc4)cn23)c(C)c1. The van der Waals surface area contributed by atoms with E-state index in [4.69, 9.17) is 9.72 Å². The number of rotatable bonds is 8. The van der Waals surface area contributed by atoms with E-state index in [-0.39, 0.29) is 12.3 Å². The van der Waals surface area contributed by atoms with Crippen LogP contribution < -0.4 is 15.0 Å². The Kier molecular flexibility index (Phi) is 6.46. The summed E-state index contributed by atoms with van der Waals surface area (Å²) in [6, 6.07) is 14.0. The van der Waals surface area contributed by atoms with Crippen LogP contribution in [-0.4, -0.2) is 35.5 Å². The van der Waals surface area contributed by atoms with Crippen LogP contribution in [0.15, 0.2) is 54.0 Å². The van der Waals surface area contributed by atoms with Crippen molar-refractivity contribution in [3.8, 4) is 17.0 Å². The zero-order valence-corrected chi connectivity index (χ0v) is 19.7. The van der Waals surface area contributed by atoms with Gasteiger partial charge in [-0.15, -0.1) is 11.3 Å². The number of carbonyl (C=O) groups excluding carboxylic acids is 1. The Bertz CT molecular complexity index is 1220. The summed E-state index contributed by atoms with van der Waals surface area (Å²) >= 11 is 1.54. The van der Waals surface area contributed by atoms with Gasteiger partial charge < -0.3 is 15.0 Å². The molecule has 4 rings (SSSR count). The molecule has 0 saturated heterocycles. The lowest BCUT2D eigenvalue weighted by atomic mass is 10.1. The standard InChI is InChI=1S/C25H28N4O2S/c1-5-28(6-2)19-9-12-22(17(3)13-19)26-24(30)14-20-16-32-25-27-23(15-29(20)25)18-7-10-21(31-4)11-8-18/h7-13,15-16H,5-6,14H2,1-4H3,(H,26,30). The van der Waals surface area contributed by atoms with Gasteiger partial charge in [0, 0.05) is 47.3 Å². The Morgan fingerprint density at radius 3 is 2.56 bits per heavy atom. The number of fused-ring (bicyclic) bond motifs is 1. The van der Waals surface area contributed by atoms with Crippen LogP contribution >= 0.6 is 11.3 Å². The third-order valence-corrected chi connectivity index (χ3v) is 6.51. The van der Waals surface area contributed by atoms with Gasteiger partial charge in [-0.05, 0) is 68.8 Å². The summed E-state index contributed by atoms with van der Waals surface area (Å²) < 4.78 is 7.23. The van der Waals surface area contributed by atoms with Crippen LogP contribution in [0, 0.1) is 6.92 Å². The molecule has 32 heavy (non-hydrogen) atoms. The van der Waals surface area contributed by atoms with Gasteiger partial charge >= 0.3 is 0 Å². The number of carbonyl (C=O) groups is 1. The molecule has 0 atom stereocenters. The Hall–Kier alpha value is -3.32. The summed E-state index contributed by atoms with van der Waals surface area (Å²) in [5, 5.41) is 5.06. The molecule has 2 aromatic carbocycles. The van der Waals surface area contributed by atoms with E-state index in [9.17, 15) is 4.79 Å². The number of aryl methyl sites for hydroxylation is 1. The molecule has 0 radical (unpaired) electrons. The molecular weight excluding hydrogens is 420 g/mol. The van der Waals surface area contributed by atoms with Crippen molar-refractivity contribution in [2.24, 2.45) is 0 Å². The number of hydrogen-bond donors (Lipinski definition) is 1. The highest BCUT2D eigenvalue weighted by Gasteiger charge is 2.14. The van der Waals surface area contributed by atoms with E-state index in [1.165, 1.54) is 5.69 Å². The minimum absolute atomic E-state index is 0.0388. The maximum atomic E-state index is 12.8. The topological polar surface area (TPSA) is 58.9 Å². The molecule has 166 valence electrons. The van der Waals surface area contributed by atoms with Gasteiger partial charge in [0.15, 0.2) is 4.96 Å². The Morgan fingerprint density at radius 2 is 1.91 bits per heavy atom. The van der Waals surface area contributed by atoms with E-state index in [2.05, 4.69) is 36.2 Å². The zero-order chi connectivity index (χ0) is 22.7. The van der Waals surface area contributed by atoms with E-state index < -0.39 is 0 Å². The normalized spacial score (nSPS) is 11.0. The summed E-state index contributed by atoms with van der Waals surface area (Å²) in [7, 11) is 1.65.